The van der Waals surface area contributed by atoms with E-state index >= 15 is 0 Å². The van der Waals surface area contributed by atoms with Crippen LogP contribution in [0.15, 0.2) is 17.5 Å². The standard InChI is InChI=1S/C9H13S2/c1-3-10-8(2)7-9-5-4-6-11-9/h4-6,8H,2-3,7H2,1H3. The molecule has 1 radical (unpaired) electrons. The highest BCUT2D eigenvalue weighted by molar-refractivity contribution is 7.99. The van der Waals surface area contributed by atoms with E-state index in [0.29, 0.717) is 5.25 Å². The molecule has 0 amide bonds. The van der Waals surface area contributed by atoms with Gasteiger partial charge in [0.25, 0.3) is 0 Å². The normalized spacial score (nSPS) is 13.3. The SMILES string of the molecule is [CH2]C(Cc1cccs1)SCC. The summed E-state index contributed by atoms with van der Waals surface area (Å²) in [5, 5.41) is 2.65. The van der Waals surface area contributed by atoms with Crippen LogP contribution in [0.25, 0.3) is 0 Å². The molecule has 0 saturated heterocycles. The van der Waals surface area contributed by atoms with E-state index in [1.807, 2.05) is 23.1 Å². The summed E-state index contributed by atoms with van der Waals surface area (Å²) in [6.07, 6.45) is 1.12. The lowest BCUT2D eigenvalue weighted by molar-refractivity contribution is 1.04. The second-order valence-corrected chi connectivity index (χ2v) is 4.97. The number of rotatable bonds is 4. The molecule has 1 unspecified atom stereocenters. The van der Waals surface area contributed by atoms with Gasteiger partial charge in [0.2, 0.25) is 0 Å². The molecule has 0 fully saturated rings. The minimum atomic E-state index is 0.527. The molecule has 61 valence electrons. The van der Waals surface area contributed by atoms with Crippen molar-refractivity contribution in [3.05, 3.63) is 29.3 Å². The van der Waals surface area contributed by atoms with Crippen LogP contribution in [0.3, 0.4) is 0 Å². The maximum atomic E-state index is 4.07. The Kier molecular flexibility index (Phi) is 4.02. The Bertz CT molecular complexity index is 179. The Labute approximate surface area is 77.0 Å². The first-order chi connectivity index (χ1) is 5.33. The monoisotopic (exact) mass is 185 g/mol. The van der Waals surface area contributed by atoms with Crippen molar-refractivity contribution in [3.63, 3.8) is 0 Å². The molecular weight excluding hydrogens is 172 g/mol. The summed E-state index contributed by atoms with van der Waals surface area (Å²) in [5.74, 6) is 1.17. The highest BCUT2D eigenvalue weighted by Gasteiger charge is 2.02. The van der Waals surface area contributed by atoms with Gasteiger partial charge < -0.3 is 0 Å². The molecule has 1 aromatic rings. The van der Waals surface area contributed by atoms with E-state index in [2.05, 4.69) is 31.4 Å². The lowest BCUT2D eigenvalue weighted by Gasteiger charge is -2.06. The second-order valence-electron chi connectivity index (χ2n) is 2.36. The predicted octanol–water partition coefficient (Wildman–Crippen LogP) is 3.25. The van der Waals surface area contributed by atoms with Crippen molar-refractivity contribution in [3.8, 4) is 0 Å². The van der Waals surface area contributed by atoms with Gasteiger partial charge in [-0.25, -0.2) is 0 Å². The van der Waals surface area contributed by atoms with Crippen molar-refractivity contribution in [2.24, 2.45) is 0 Å². The zero-order valence-electron chi connectivity index (χ0n) is 6.75. The van der Waals surface area contributed by atoms with Crippen LogP contribution in [-0.2, 0) is 6.42 Å². The molecule has 0 bridgehead atoms. The zero-order chi connectivity index (χ0) is 8.10. The fourth-order valence-electron chi connectivity index (χ4n) is 0.948. The first-order valence-electron chi connectivity index (χ1n) is 3.80. The van der Waals surface area contributed by atoms with E-state index in [1.165, 1.54) is 10.6 Å². The Morgan fingerprint density at radius 2 is 2.55 bits per heavy atom. The fourth-order valence-corrected chi connectivity index (χ4v) is 2.61. The molecule has 0 aliphatic rings. The molecule has 0 saturated carbocycles. The Hall–Kier alpha value is 0.0500. The van der Waals surface area contributed by atoms with Crippen LogP contribution < -0.4 is 0 Å². The number of thiophene rings is 1. The van der Waals surface area contributed by atoms with Crippen molar-refractivity contribution >= 4 is 23.1 Å². The van der Waals surface area contributed by atoms with Gasteiger partial charge in [0.15, 0.2) is 0 Å². The summed E-state index contributed by atoms with van der Waals surface area (Å²) in [4.78, 5) is 1.45. The minimum Gasteiger partial charge on any atom is -0.158 e. The van der Waals surface area contributed by atoms with Crippen LogP contribution in [0.4, 0.5) is 0 Å². The molecule has 0 aromatic carbocycles. The van der Waals surface area contributed by atoms with Gasteiger partial charge in [-0.05, 0) is 30.5 Å². The fraction of sp³-hybridized carbons (Fsp3) is 0.444. The third-order valence-corrected chi connectivity index (χ3v) is 3.28. The summed E-state index contributed by atoms with van der Waals surface area (Å²) in [6, 6.07) is 4.28. The second kappa shape index (κ2) is 4.83. The molecule has 0 spiro atoms. The highest BCUT2D eigenvalue weighted by Crippen LogP contribution is 2.18. The van der Waals surface area contributed by atoms with Crippen LogP contribution in [-0.4, -0.2) is 11.0 Å². The van der Waals surface area contributed by atoms with Crippen LogP contribution in [0.5, 0.6) is 0 Å². The van der Waals surface area contributed by atoms with Gasteiger partial charge in [-0.3, -0.25) is 0 Å². The molecule has 1 aromatic heterocycles. The molecule has 1 rings (SSSR count). The lowest BCUT2D eigenvalue weighted by Crippen LogP contribution is -2.00. The highest BCUT2D eigenvalue weighted by atomic mass is 32.2. The van der Waals surface area contributed by atoms with Crippen molar-refractivity contribution < 1.29 is 0 Å². The molecule has 11 heavy (non-hydrogen) atoms. The molecule has 1 atom stereocenters. The van der Waals surface area contributed by atoms with Crippen molar-refractivity contribution in [1.82, 2.24) is 0 Å². The maximum Gasteiger partial charge on any atom is 0.00956 e. The van der Waals surface area contributed by atoms with Gasteiger partial charge in [-0.15, -0.1) is 11.3 Å². The van der Waals surface area contributed by atoms with Gasteiger partial charge in [0, 0.05) is 10.1 Å². The van der Waals surface area contributed by atoms with E-state index in [9.17, 15) is 0 Å². The molecule has 2 heteroatoms. The third kappa shape index (κ3) is 3.30. The quantitative estimate of drug-likeness (QED) is 0.694. The van der Waals surface area contributed by atoms with Gasteiger partial charge in [-0.1, -0.05) is 13.0 Å². The molecule has 0 N–H and O–H groups in total. The van der Waals surface area contributed by atoms with E-state index in [4.69, 9.17) is 0 Å². The van der Waals surface area contributed by atoms with E-state index in [-0.39, 0.29) is 0 Å². The smallest absolute Gasteiger partial charge is 0.00956 e. The summed E-state index contributed by atoms with van der Waals surface area (Å²) in [7, 11) is 0. The third-order valence-electron chi connectivity index (χ3n) is 1.41. The van der Waals surface area contributed by atoms with Gasteiger partial charge in [0.1, 0.15) is 0 Å². The van der Waals surface area contributed by atoms with Crippen LogP contribution in [0.2, 0.25) is 0 Å². The molecule has 0 aliphatic heterocycles. The lowest BCUT2D eigenvalue weighted by atomic mass is 10.3. The Morgan fingerprint density at radius 1 is 1.73 bits per heavy atom. The predicted molar refractivity (Wildman–Crippen MR) is 55.3 cm³/mol. The number of hydrogen-bond acceptors (Lipinski definition) is 2. The number of thioether (sulfide) groups is 1. The van der Waals surface area contributed by atoms with Crippen LogP contribution in [0, 0.1) is 6.92 Å². The van der Waals surface area contributed by atoms with Gasteiger partial charge in [0.05, 0.1) is 0 Å². The first-order valence-corrected chi connectivity index (χ1v) is 5.73. The van der Waals surface area contributed by atoms with Crippen molar-refractivity contribution in [2.75, 3.05) is 5.75 Å². The molecule has 1 heterocycles. The van der Waals surface area contributed by atoms with Crippen molar-refractivity contribution in [1.29, 1.82) is 0 Å². The summed E-state index contributed by atoms with van der Waals surface area (Å²) >= 11 is 3.75. The van der Waals surface area contributed by atoms with Gasteiger partial charge in [-0.2, -0.15) is 11.8 Å². The summed E-state index contributed by atoms with van der Waals surface area (Å²) in [6.45, 7) is 6.25. The zero-order valence-corrected chi connectivity index (χ0v) is 8.38. The summed E-state index contributed by atoms with van der Waals surface area (Å²) < 4.78 is 0. The average molecular weight is 185 g/mol. The largest absolute Gasteiger partial charge is 0.158 e. The van der Waals surface area contributed by atoms with E-state index in [1.54, 1.807) is 0 Å². The summed E-state index contributed by atoms with van der Waals surface area (Å²) in [5.41, 5.74) is 0. The Morgan fingerprint density at radius 3 is 3.09 bits per heavy atom. The average Bonchev–Trinajstić information content (AvgIpc) is 2.40. The van der Waals surface area contributed by atoms with Crippen LogP contribution in [0.1, 0.15) is 11.8 Å². The van der Waals surface area contributed by atoms with Gasteiger partial charge >= 0.3 is 0 Å². The van der Waals surface area contributed by atoms with E-state index in [0.717, 1.165) is 6.42 Å². The Balaban J connectivity index is 2.31. The molecule has 0 nitrogen and oxygen atoms in total. The first kappa shape index (κ1) is 9.14. The minimum absolute atomic E-state index is 0.527. The molecule has 0 aliphatic carbocycles. The van der Waals surface area contributed by atoms with Crippen LogP contribution >= 0.6 is 23.1 Å². The topological polar surface area (TPSA) is 0 Å². The number of hydrogen-bond donors (Lipinski definition) is 0. The van der Waals surface area contributed by atoms with E-state index < -0.39 is 0 Å². The maximum absolute atomic E-state index is 4.07. The molecular formula is C9H13S2. The van der Waals surface area contributed by atoms with Crippen molar-refractivity contribution in [2.45, 2.75) is 18.6 Å².